The van der Waals surface area contributed by atoms with Crippen LogP contribution in [-0.4, -0.2) is 20.8 Å². The molecule has 0 aliphatic carbocycles. The fourth-order valence-corrected chi connectivity index (χ4v) is 2.33. The lowest BCUT2D eigenvalue weighted by molar-refractivity contribution is 0.382. The summed E-state index contributed by atoms with van der Waals surface area (Å²) in [5, 5.41) is 0. The van der Waals surface area contributed by atoms with E-state index in [0.29, 0.717) is 6.54 Å². The van der Waals surface area contributed by atoms with E-state index < -0.39 is 0 Å². The molecule has 2 aromatic carbocycles. The van der Waals surface area contributed by atoms with Gasteiger partial charge in [-0.05, 0) is 17.7 Å². The van der Waals surface area contributed by atoms with Crippen molar-refractivity contribution in [3.63, 3.8) is 0 Å². The fourth-order valence-electron chi connectivity index (χ4n) is 2.33. The minimum atomic E-state index is 0.0623. The molecule has 0 radical (unpaired) electrons. The van der Waals surface area contributed by atoms with Crippen LogP contribution in [0.2, 0.25) is 0 Å². The van der Waals surface area contributed by atoms with Crippen LogP contribution >= 0.6 is 0 Å². The first-order valence-corrected chi connectivity index (χ1v) is 6.27. The number of benzene rings is 2. The Hall–Kier alpha value is -2.00. The molecule has 0 saturated heterocycles. The van der Waals surface area contributed by atoms with Gasteiger partial charge in [-0.1, -0.05) is 36.4 Å². The second-order valence-electron chi connectivity index (χ2n) is 4.28. The minimum absolute atomic E-state index is 0.0623. The summed E-state index contributed by atoms with van der Waals surface area (Å²) in [6, 6.07) is 16.0. The van der Waals surface area contributed by atoms with Gasteiger partial charge in [-0.3, -0.25) is 0 Å². The van der Waals surface area contributed by atoms with E-state index in [2.05, 4.69) is 12.1 Å². The van der Waals surface area contributed by atoms with Crippen LogP contribution in [0.1, 0.15) is 17.0 Å². The first kappa shape index (κ1) is 13.4. The van der Waals surface area contributed by atoms with Gasteiger partial charge in [-0.25, -0.2) is 0 Å². The molecule has 0 spiro atoms. The monoisotopic (exact) mass is 257 g/mol. The highest BCUT2D eigenvalue weighted by molar-refractivity contribution is 5.51. The van der Waals surface area contributed by atoms with Gasteiger partial charge < -0.3 is 15.2 Å². The smallest absolute Gasteiger partial charge is 0.126 e. The maximum Gasteiger partial charge on any atom is 0.126 e. The number of nitrogens with two attached hydrogens (primary N) is 1. The summed E-state index contributed by atoms with van der Waals surface area (Å²) in [6.07, 6.45) is 0. The maximum atomic E-state index is 5.97. The highest BCUT2D eigenvalue weighted by Crippen LogP contribution is 2.38. The zero-order valence-corrected chi connectivity index (χ0v) is 11.3. The summed E-state index contributed by atoms with van der Waals surface area (Å²) in [5.74, 6) is 1.67. The van der Waals surface area contributed by atoms with E-state index in [1.54, 1.807) is 14.2 Å². The van der Waals surface area contributed by atoms with Crippen LogP contribution in [0.25, 0.3) is 0 Å². The van der Waals surface area contributed by atoms with Crippen LogP contribution in [0.3, 0.4) is 0 Å². The van der Waals surface area contributed by atoms with Gasteiger partial charge >= 0.3 is 0 Å². The zero-order chi connectivity index (χ0) is 13.7. The number of ether oxygens (including phenoxy) is 2. The van der Waals surface area contributed by atoms with Gasteiger partial charge in [-0.15, -0.1) is 0 Å². The van der Waals surface area contributed by atoms with Crippen molar-refractivity contribution in [3.8, 4) is 11.5 Å². The van der Waals surface area contributed by atoms with E-state index in [1.165, 1.54) is 0 Å². The topological polar surface area (TPSA) is 44.5 Å². The van der Waals surface area contributed by atoms with Crippen molar-refractivity contribution in [1.29, 1.82) is 0 Å². The molecule has 3 heteroatoms. The molecule has 0 amide bonds. The Bertz CT molecular complexity index is 503. The molecule has 0 aliphatic heterocycles. The van der Waals surface area contributed by atoms with Gasteiger partial charge in [0.2, 0.25) is 0 Å². The van der Waals surface area contributed by atoms with Crippen LogP contribution in [0.4, 0.5) is 0 Å². The van der Waals surface area contributed by atoms with Crippen molar-refractivity contribution in [2.24, 2.45) is 5.73 Å². The number of methoxy groups -OCH3 is 2. The molecule has 2 rings (SSSR count). The lowest BCUT2D eigenvalue weighted by Gasteiger charge is -2.21. The molecule has 0 aliphatic rings. The van der Waals surface area contributed by atoms with E-state index >= 15 is 0 Å². The second kappa shape index (κ2) is 6.25. The van der Waals surface area contributed by atoms with Gasteiger partial charge in [0, 0.05) is 18.0 Å². The second-order valence-corrected chi connectivity index (χ2v) is 4.28. The van der Waals surface area contributed by atoms with Gasteiger partial charge in [0.1, 0.15) is 11.5 Å². The maximum absolute atomic E-state index is 5.97. The highest BCUT2D eigenvalue weighted by Gasteiger charge is 2.21. The van der Waals surface area contributed by atoms with Crippen LogP contribution in [0.5, 0.6) is 11.5 Å². The average Bonchev–Trinajstić information content (AvgIpc) is 2.49. The molecule has 3 nitrogen and oxygen atoms in total. The molecular weight excluding hydrogens is 238 g/mol. The van der Waals surface area contributed by atoms with Crippen molar-refractivity contribution < 1.29 is 9.47 Å². The summed E-state index contributed by atoms with van der Waals surface area (Å²) in [7, 11) is 3.33. The Kier molecular flexibility index (Phi) is 4.42. The summed E-state index contributed by atoms with van der Waals surface area (Å²) in [6.45, 7) is 0.501. The highest BCUT2D eigenvalue weighted by atomic mass is 16.5. The first-order valence-electron chi connectivity index (χ1n) is 6.27. The van der Waals surface area contributed by atoms with E-state index in [0.717, 1.165) is 22.6 Å². The van der Waals surface area contributed by atoms with Crippen LogP contribution in [0, 0.1) is 0 Å². The van der Waals surface area contributed by atoms with Crippen molar-refractivity contribution in [3.05, 3.63) is 59.7 Å². The summed E-state index contributed by atoms with van der Waals surface area (Å²) in [4.78, 5) is 0. The third-order valence-electron chi connectivity index (χ3n) is 3.25. The predicted octanol–water partition coefficient (Wildman–Crippen LogP) is 2.79. The molecule has 100 valence electrons. The quantitative estimate of drug-likeness (QED) is 0.895. The summed E-state index contributed by atoms with van der Waals surface area (Å²) < 4.78 is 10.9. The minimum Gasteiger partial charge on any atom is -0.496 e. The molecule has 0 bridgehead atoms. The van der Waals surface area contributed by atoms with Crippen molar-refractivity contribution >= 4 is 0 Å². The van der Waals surface area contributed by atoms with Crippen molar-refractivity contribution in [1.82, 2.24) is 0 Å². The Morgan fingerprint density at radius 1 is 0.895 bits per heavy atom. The largest absolute Gasteiger partial charge is 0.496 e. The number of hydrogen-bond acceptors (Lipinski definition) is 3. The Balaban J connectivity index is 2.54. The standard InChI is InChI=1S/C16H19NO2/c1-18-14-9-6-10-15(19-2)16(14)13(11-17)12-7-4-3-5-8-12/h3-10,13H,11,17H2,1-2H3. The molecule has 0 saturated carbocycles. The van der Waals surface area contributed by atoms with Crippen LogP contribution in [-0.2, 0) is 0 Å². The lowest BCUT2D eigenvalue weighted by Crippen LogP contribution is -2.15. The van der Waals surface area contributed by atoms with Gasteiger partial charge in [0.25, 0.3) is 0 Å². The van der Waals surface area contributed by atoms with E-state index in [-0.39, 0.29) is 5.92 Å². The third kappa shape index (κ3) is 2.71. The SMILES string of the molecule is COc1cccc(OC)c1C(CN)c1ccccc1. The molecular formula is C16H19NO2. The Morgan fingerprint density at radius 2 is 1.47 bits per heavy atom. The first-order chi connectivity index (χ1) is 9.31. The van der Waals surface area contributed by atoms with Gasteiger partial charge in [0.05, 0.1) is 14.2 Å². The lowest BCUT2D eigenvalue weighted by atomic mass is 9.90. The molecule has 0 heterocycles. The molecule has 1 unspecified atom stereocenters. The molecule has 2 N–H and O–H groups in total. The summed E-state index contributed by atoms with van der Waals surface area (Å²) >= 11 is 0. The predicted molar refractivity (Wildman–Crippen MR) is 76.9 cm³/mol. The van der Waals surface area contributed by atoms with Crippen LogP contribution in [0.15, 0.2) is 48.5 Å². The van der Waals surface area contributed by atoms with Gasteiger partial charge in [-0.2, -0.15) is 0 Å². The summed E-state index contributed by atoms with van der Waals surface area (Å²) in [5.41, 5.74) is 8.13. The average molecular weight is 257 g/mol. The Labute approximate surface area is 114 Å². The fraction of sp³-hybridized carbons (Fsp3) is 0.250. The third-order valence-corrected chi connectivity index (χ3v) is 3.25. The van der Waals surface area contributed by atoms with Gasteiger partial charge in [0.15, 0.2) is 0 Å². The molecule has 2 aromatic rings. The number of hydrogen-bond donors (Lipinski definition) is 1. The Morgan fingerprint density at radius 3 is 1.95 bits per heavy atom. The van der Waals surface area contributed by atoms with Crippen LogP contribution < -0.4 is 15.2 Å². The molecule has 1 atom stereocenters. The van der Waals surface area contributed by atoms with E-state index in [4.69, 9.17) is 15.2 Å². The molecule has 0 fully saturated rings. The van der Waals surface area contributed by atoms with E-state index in [1.807, 2.05) is 36.4 Å². The van der Waals surface area contributed by atoms with E-state index in [9.17, 15) is 0 Å². The molecule has 0 aromatic heterocycles. The normalized spacial score (nSPS) is 11.9. The number of rotatable bonds is 5. The molecule has 19 heavy (non-hydrogen) atoms. The zero-order valence-electron chi connectivity index (χ0n) is 11.3. The van der Waals surface area contributed by atoms with Crippen molar-refractivity contribution in [2.45, 2.75) is 5.92 Å². The van der Waals surface area contributed by atoms with Crippen molar-refractivity contribution in [2.75, 3.05) is 20.8 Å².